The molecule has 0 spiro atoms. The van der Waals surface area contributed by atoms with Gasteiger partial charge in [-0.05, 0) is 32.0 Å². The first-order valence-electron chi connectivity index (χ1n) is 5.51. The van der Waals surface area contributed by atoms with Gasteiger partial charge in [0.1, 0.15) is 0 Å². The zero-order valence-electron chi connectivity index (χ0n) is 9.16. The van der Waals surface area contributed by atoms with E-state index < -0.39 is 0 Å². The Labute approximate surface area is 86.7 Å². The van der Waals surface area contributed by atoms with Crippen LogP contribution in [0.1, 0.15) is 25.3 Å². The molecule has 0 amide bonds. The molecule has 0 saturated carbocycles. The molecule has 1 aromatic rings. The molecule has 2 rings (SSSR count). The van der Waals surface area contributed by atoms with Crippen molar-refractivity contribution in [2.24, 2.45) is 0 Å². The van der Waals surface area contributed by atoms with Gasteiger partial charge >= 0.3 is 0 Å². The predicted molar refractivity (Wildman–Crippen MR) is 60.5 cm³/mol. The summed E-state index contributed by atoms with van der Waals surface area (Å²) in [5, 5.41) is 0. The zero-order valence-corrected chi connectivity index (χ0v) is 9.16. The molecule has 0 aromatic heterocycles. The number of rotatable bonds is 2. The van der Waals surface area contributed by atoms with Crippen molar-refractivity contribution in [3.05, 3.63) is 35.9 Å². The lowest BCUT2D eigenvalue weighted by molar-refractivity contribution is 0.361. The van der Waals surface area contributed by atoms with Crippen LogP contribution in [-0.2, 0) is 5.41 Å². The molecule has 1 aliphatic heterocycles. The van der Waals surface area contributed by atoms with Gasteiger partial charge in [-0.2, -0.15) is 0 Å². The third-order valence-corrected chi connectivity index (χ3v) is 3.61. The van der Waals surface area contributed by atoms with Crippen LogP contribution in [0.15, 0.2) is 30.3 Å². The molecule has 0 aliphatic carbocycles. The third-order valence-electron chi connectivity index (χ3n) is 3.61. The Morgan fingerprint density at radius 2 is 2.00 bits per heavy atom. The van der Waals surface area contributed by atoms with E-state index in [1.807, 2.05) is 0 Å². The maximum Gasteiger partial charge on any atom is 0.00897 e. The lowest BCUT2D eigenvalue weighted by Crippen LogP contribution is -2.28. The van der Waals surface area contributed by atoms with E-state index in [9.17, 15) is 0 Å². The Hall–Kier alpha value is -0.820. The molecular weight excluding hydrogens is 170 g/mol. The standard InChI is InChI=1S/C13H19N/c1-3-13(9-10-14(2)11-13)12-7-5-4-6-8-12/h4-8H,3,9-11H2,1-2H3/t13-/m0/s1. The van der Waals surface area contributed by atoms with E-state index in [2.05, 4.69) is 49.2 Å². The largest absolute Gasteiger partial charge is 0.305 e. The third kappa shape index (κ3) is 1.57. The van der Waals surface area contributed by atoms with Crippen LogP contribution in [-0.4, -0.2) is 25.0 Å². The fraction of sp³-hybridized carbons (Fsp3) is 0.538. The zero-order chi connectivity index (χ0) is 10.0. The minimum atomic E-state index is 0.427. The molecule has 0 bridgehead atoms. The Balaban J connectivity index is 2.30. The second kappa shape index (κ2) is 3.74. The van der Waals surface area contributed by atoms with Crippen LogP contribution in [0.4, 0.5) is 0 Å². The molecule has 1 atom stereocenters. The summed E-state index contributed by atoms with van der Waals surface area (Å²) in [6.45, 7) is 4.77. The van der Waals surface area contributed by atoms with Gasteiger partial charge in [0.05, 0.1) is 0 Å². The van der Waals surface area contributed by atoms with E-state index in [4.69, 9.17) is 0 Å². The Morgan fingerprint density at radius 1 is 1.29 bits per heavy atom. The Bertz CT molecular complexity index is 293. The summed E-state index contributed by atoms with van der Waals surface area (Å²) in [7, 11) is 2.22. The first-order chi connectivity index (χ1) is 6.77. The van der Waals surface area contributed by atoms with E-state index in [0.29, 0.717) is 5.41 Å². The minimum absolute atomic E-state index is 0.427. The SMILES string of the molecule is CC[C@]1(c2ccccc2)CCN(C)C1. The molecule has 1 saturated heterocycles. The fourth-order valence-corrected chi connectivity index (χ4v) is 2.60. The Kier molecular flexibility index (Phi) is 2.60. The number of likely N-dealkylation sites (N-methyl/N-ethyl adjacent to an activating group) is 1. The average Bonchev–Trinajstić information content (AvgIpc) is 2.63. The fourth-order valence-electron chi connectivity index (χ4n) is 2.60. The van der Waals surface area contributed by atoms with E-state index in [1.165, 1.54) is 31.5 Å². The lowest BCUT2D eigenvalue weighted by atomic mass is 9.77. The normalized spacial score (nSPS) is 28.1. The molecular formula is C13H19N. The van der Waals surface area contributed by atoms with Crippen molar-refractivity contribution in [2.75, 3.05) is 20.1 Å². The van der Waals surface area contributed by atoms with E-state index >= 15 is 0 Å². The number of nitrogens with zero attached hydrogens (tertiary/aromatic N) is 1. The van der Waals surface area contributed by atoms with Gasteiger partial charge < -0.3 is 4.90 Å². The van der Waals surface area contributed by atoms with Crippen molar-refractivity contribution in [2.45, 2.75) is 25.2 Å². The van der Waals surface area contributed by atoms with Crippen LogP contribution < -0.4 is 0 Å². The predicted octanol–water partition coefficient (Wildman–Crippen LogP) is 2.67. The maximum absolute atomic E-state index is 2.44. The number of hydrogen-bond donors (Lipinski definition) is 0. The monoisotopic (exact) mass is 189 g/mol. The van der Waals surface area contributed by atoms with Crippen LogP contribution >= 0.6 is 0 Å². The van der Waals surface area contributed by atoms with Gasteiger partial charge in [0.25, 0.3) is 0 Å². The van der Waals surface area contributed by atoms with E-state index in [0.717, 1.165) is 0 Å². The smallest absolute Gasteiger partial charge is 0.00897 e. The van der Waals surface area contributed by atoms with Gasteiger partial charge in [-0.1, -0.05) is 37.3 Å². The highest BCUT2D eigenvalue weighted by atomic mass is 15.1. The van der Waals surface area contributed by atoms with Crippen molar-refractivity contribution in [3.63, 3.8) is 0 Å². The average molecular weight is 189 g/mol. The van der Waals surface area contributed by atoms with Crippen LogP contribution in [0, 0.1) is 0 Å². The molecule has 1 fully saturated rings. The lowest BCUT2D eigenvalue weighted by Gasteiger charge is -2.28. The summed E-state index contributed by atoms with van der Waals surface area (Å²) in [6, 6.07) is 11.0. The Morgan fingerprint density at radius 3 is 2.50 bits per heavy atom. The van der Waals surface area contributed by atoms with Crippen molar-refractivity contribution >= 4 is 0 Å². The highest BCUT2D eigenvalue weighted by Crippen LogP contribution is 2.36. The summed E-state index contributed by atoms with van der Waals surface area (Å²) < 4.78 is 0. The summed E-state index contributed by atoms with van der Waals surface area (Å²) in [4.78, 5) is 2.44. The molecule has 1 heterocycles. The number of hydrogen-bond acceptors (Lipinski definition) is 1. The van der Waals surface area contributed by atoms with Crippen LogP contribution in [0.2, 0.25) is 0 Å². The highest BCUT2D eigenvalue weighted by molar-refractivity contribution is 5.27. The number of benzene rings is 1. The first kappa shape index (κ1) is 9.72. The molecule has 0 radical (unpaired) electrons. The van der Waals surface area contributed by atoms with Crippen molar-refractivity contribution in [1.29, 1.82) is 0 Å². The quantitative estimate of drug-likeness (QED) is 0.691. The summed E-state index contributed by atoms with van der Waals surface area (Å²) in [5.41, 5.74) is 1.95. The van der Waals surface area contributed by atoms with Crippen LogP contribution in [0.3, 0.4) is 0 Å². The highest BCUT2D eigenvalue weighted by Gasteiger charge is 2.36. The van der Waals surface area contributed by atoms with Gasteiger partial charge in [-0.15, -0.1) is 0 Å². The molecule has 76 valence electrons. The molecule has 1 nitrogen and oxygen atoms in total. The van der Waals surface area contributed by atoms with E-state index in [1.54, 1.807) is 0 Å². The van der Waals surface area contributed by atoms with Gasteiger partial charge in [0, 0.05) is 12.0 Å². The van der Waals surface area contributed by atoms with Gasteiger partial charge in [0.2, 0.25) is 0 Å². The summed E-state index contributed by atoms with van der Waals surface area (Å²) in [6.07, 6.45) is 2.56. The molecule has 14 heavy (non-hydrogen) atoms. The second-order valence-electron chi connectivity index (χ2n) is 4.49. The van der Waals surface area contributed by atoms with E-state index in [-0.39, 0.29) is 0 Å². The molecule has 0 unspecified atom stereocenters. The van der Waals surface area contributed by atoms with Gasteiger partial charge in [-0.25, -0.2) is 0 Å². The van der Waals surface area contributed by atoms with Gasteiger partial charge in [0.15, 0.2) is 0 Å². The molecule has 1 aromatic carbocycles. The topological polar surface area (TPSA) is 3.24 Å². The first-order valence-corrected chi connectivity index (χ1v) is 5.51. The molecule has 0 N–H and O–H groups in total. The molecule has 1 heteroatoms. The van der Waals surface area contributed by atoms with Gasteiger partial charge in [-0.3, -0.25) is 0 Å². The van der Waals surface area contributed by atoms with Crippen LogP contribution in [0.25, 0.3) is 0 Å². The van der Waals surface area contributed by atoms with Crippen molar-refractivity contribution in [1.82, 2.24) is 4.90 Å². The summed E-state index contributed by atoms with van der Waals surface area (Å²) >= 11 is 0. The maximum atomic E-state index is 2.44. The minimum Gasteiger partial charge on any atom is -0.305 e. The summed E-state index contributed by atoms with van der Waals surface area (Å²) in [5.74, 6) is 0. The number of likely N-dealkylation sites (tertiary alicyclic amines) is 1. The second-order valence-corrected chi connectivity index (χ2v) is 4.49. The van der Waals surface area contributed by atoms with Crippen LogP contribution in [0.5, 0.6) is 0 Å². The van der Waals surface area contributed by atoms with Crippen molar-refractivity contribution < 1.29 is 0 Å². The molecule has 1 aliphatic rings. The van der Waals surface area contributed by atoms with Crippen molar-refractivity contribution in [3.8, 4) is 0 Å².